The van der Waals surface area contributed by atoms with Gasteiger partial charge >= 0.3 is 11.8 Å². The van der Waals surface area contributed by atoms with Gasteiger partial charge in [-0.25, -0.2) is 0 Å². The zero-order valence-electron chi connectivity index (χ0n) is 13.4. The Kier molecular flexibility index (Phi) is 6.33. The highest BCUT2D eigenvalue weighted by molar-refractivity contribution is 6.39. The van der Waals surface area contributed by atoms with Crippen LogP contribution in [-0.2, 0) is 22.4 Å². The van der Waals surface area contributed by atoms with Crippen molar-refractivity contribution in [2.75, 3.05) is 24.1 Å². The first-order valence-corrected chi connectivity index (χ1v) is 7.81. The van der Waals surface area contributed by atoms with Crippen LogP contribution in [0.5, 0.6) is 0 Å². The van der Waals surface area contributed by atoms with Crippen LogP contribution in [-0.4, -0.2) is 24.9 Å². The van der Waals surface area contributed by atoms with Gasteiger partial charge in [0.25, 0.3) is 0 Å². The molecule has 6 nitrogen and oxygen atoms in total. The van der Waals surface area contributed by atoms with Crippen molar-refractivity contribution in [1.82, 2.24) is 5.32 Å². The van der Waals surface area contributed by atoms with E-state index in [-0.39, 0.29) is 0 Å². The molecule has 0 heterocycles. The number of carbonyl (C=O) groups excluding carboxylic acids is 2. The average Bonchev–Trinajstić information content (AvgIpc) is 2.58. The fraction of sp³-hybridized carbons (Fsp3) is 0.222. The van der Waals surface area contributed by atoms with Crippen LogP contribution in [0.2, 0.25) is 0 Å². The topological polar surface area (TPSA) is 110 Å². The highest BCUT2D eigenvalue weighted by Gasteiger charge is 2.12. The highest BCUT2D eigenvalue weighted by atomic mass is 16.2. The Hall–Kier alpha value is -2.86. The summed E-state index contributed by atoms with van der Waals surface area (Å²) in [6, 6.07) is 14.7. The fourth-order valence-electron chi connectivity index (χ4n) is 2.19. The molecular formula is C18H22N4O2. The zero-order valence-corrected chi connectivity index (χ0v) is 13.4. The van der Waals surface area contributed by atoms with Crippen LogP contribution in [0, 0.1) is 0 Å². The van der Waals surface area contributed by atoms with Crippen LogP contribution in [0.4, 0.5) is 11.4 Å². The number of carbonyl (C=O) groups is 2. The third-order valence-electron chi connectivity index (χ3n) is 3.53. The SMILES string of the molecule is NCCc1ccc(NC(=O)C(=O)NCCc2ccc(N)cc2)cc1. The van der Waals surface area contributed by atoms with Gasteiger partial charge in [-0.3, -0.25) is 9.59 Å². The second kappa shape index (κ2) is 8.69. The number of nitrogen functional groups attached to an aromatic ring is 1. The van der Waals surface area contributed by atoms with E-state index in [0.29, 0.717) is 30.9 Å². The number of rotatable bonds is 6. The fourth-order valence-corrected chi connectivity index (χ4v) is 2.19. The summed E-state index contributed by atoms with van der Waals surface area (Å²) in [7, 11) is 0. The lowest BCUT2D eigenvalue weighted by Gasteiger charge is -2.07. The number of benzene rings is 2. The number of amides is 2. The Morgan fingerprint density at radius 1 is 0.833 bits per heavy atom. The van der Waals surface area contributed by atoms with E-state index in [0.717, 1.165) is 17.5 Å². The van der Waals surface area contributed by atoms with Gasteiger partial charge in [-0.15, -0.1) is 0 Å². The van der Waals surface area contributed by atoms with Gasteiger partial charge in [0.1, 0.15) is 0 Å². The van der Waals surface area contributed by atoms with Crippen molar-refractivity contribution in [1.29, 1.82) is 0 Å². The second-order valence-corrected chi connectivity index (χ2v) is 5.44. The Balaban J connectivity index is 1.77. The monoisotopic (exact) mass is 326 g/mol. The van der Waals surface area contributed by atoms with Crippen molar-refractivity contribution in [2.24, 2.45) is 5.73 Å². The molecule has 0 bridgehead atoms. The van der Waals surface area contributed by atoms with E-state index in [1.807, 2.05) is 24.3 Å². The quantitative estimate of drug-likeness (QED) is 0.470. The molecule has 0 aliphatic rings. The Bertz CT molecular complexity index is 681. The van der Waals surface area contributed by atoms with E-state index in [2.05, 4.69) is 10.6 Å². The molecule has 2 rings (SSSR count). The maximum atomic E-state index is 11.9. The first kappa shape index (κ1) is 17.5. The van der Waals surface area contributed by atoms with Crippen LogP contribution < -0.4 is 22.1 Å². The molecule has 0 aromatic heterocycles. The summed E-state index contributed by atoms with van der Waals surface area (Å²) in [5.41, 5.74) is 14.5. The second-order valence-electron chi connectivity index (χ2n) is 5.44. The van der Waals surface area contributed by atoms with Crippen LogP contribution in [0.25, 0.3) is 0 Å². The lowest BCUT2D eigenvalue weighted by atomic mass is 10.1. The summed E-state index contributed by atoms with van der Waals surface area (Å²) in [5.74, 6) is -1.34. The number of nitrogens with two attached hydrogens (primary N) is 2. The van der Waals surface area contributed by atoms with Gasteiger partial charge in [-0.1, -0.05) is 24.3 Å². The van der Waals surface area contributed by atoms with Crippen molar-refractivity contribution >= 4 is 23.2 Å². The summed E-state index contributed by atoms with van der Waals surface area (Å²) in [6.45, 7) is 0.952. The molecule has 6 N–H and O–H groups in total. The van der Waals surface area contributed by atoms with E-state index >= 15 is 0 Å². The smallest absolute Gasteiger partial charge is 0.313 e. The maximum absolute atomic E-state index is 11.9. The Labute approximate surface area is 141 Å². The zero-order chi connectivity index (χ0) is 17.4. The number of nitrogens with one attached hydrogen (secondary N) is 2. The highest BCUT2D eigenvalue weighted by Crippen LogP contribution is 2.09. The van der Waals surface area contributed by atoms with Crippen LogP contribution in [0.15, 0.2) is 48.5 Å². The third kappa shape index (κ3) is 5.40. The lowest BCUT2D eigenvalue weighted by Crippen LogP contribution is -2.36. The lowest BCUT2D eigenvalue weighted by molar-refractivity contribution is -0.136. The molecule has 0 saturated heterocycles. The number of hydrogen-bond donors (Lipinski definition) is 4. The van der Waals surface area contributed by atoms with Crippen molar-refractivity contribution in [3.05, 3.63) is 59.7 Å². The van der Waals surface area contributed by atoms with Gasteiger partial charge in [0, 0.05) is 17.9 Å². The molecule has 0 atom stereocenters. The van der Waals surface area contributed by atoms with E-state index in [1.54, 1.807) is 24.3 Å². The molecule has 126 valence electrons. The van der Waals surface area contributed by atoms with Crippen LogP contribution >= 0.6 is 0 Å². The molecule has 0 aliphatic carbocycles. The molecule has 2 amide bonds. The minimum absolute atomic E-state index is 0.381. The maximum Gasteiger partial charge on any atom is 0.313 e. The molecule has 0 fully saturated rings. The van der Waals surface area contributed by atoms with Crippen molar-refractivity contribution in [3.63, 3.8) is 0 Å². The van der Waals surface area contributed by atoms with Crippen LogP contribution in [0.1, 0.15) is 11.1 Å². The first-order valence-electron chi connectivity index (χ1n) is 7.81. The van der Waals surface area contributed by atoms with E-state index < -0.39 is 11.8 Å². The van der Waals surface area contributed by atoms with E-state index in [1.165, 1.54) is 0 Å². The van der Waals surface area contributed by atoms with Gasteiger partial charge in [-0.2, -0.15) is 0 Å². The molecule has 0 unspecified atom stereocenters. The number of hydrogen-bond acceptors (Lipinski definition) is 4. The molecule has 0 spiro atoms. The van der Waals surface area contributed by atoms with Gasteiger partial charge in [0.05, 0.1) is 0 Å². The molecule has 0 aliphatic heterocycles. The van der Waals surface area contributed by atoms with Gasteiger partial charge in [0.2, 0.25) is 0 Å². The van der Waals surface area contributed by atoms with Crippen molar-refractivity contribution in [3.8, 4) is 0 Å². The summed E-state index contributed by atoms with van der Waals surface area (Å²) >= 11 is 0. The first-order chi connectivity index (χ1) is 11.6. The third-order valence-corrected chi connectivity index (χ3v) is 3.53. The molecule has 0 saturated carbocycles. The van der Waals surface area contributed by atoms with E-state index in [9.17, 15) is 9.59 Å². The predicted octanol–water partition coefficient (Wildman–Crippen LogP) is 1.07. The van der Waals surface area contributed by atoms with Gasteiger partial charge < -0.3 is 22.1 Å². The standard InChI is InChI=1S/C18H22N4O2/c19-11-9-13-3-7-16(8-4-13)22-18(24)17(23)21-12-10-14-1-5-15(20)6-2-14/h1-8H,9-12,19-20H2,(H,21,23)(H,22,24). The molecule has 2 aromatic rings. The summed E-state index contributed by atoms with van der Waals surface area (Å²) in [4.78, 5) is 23.7. The summed E-state index contributed by atoms with van der Waals surface area (Å²) in [5, 5.41) is 5.17. The Morgan fingerprint density at radius 3 is 2.04 bits per heavy atom. The van der Waals surface area contributed by atoms with Crippen molar-refractivity contribution < 1.29 is 9.59 Å². The number of anilines is 2. The normalized spacial score (nSPS) is 10.2. The minimum atomic E-state index is -0.682. The molecule has 0 radical (unpaired) electrons. The Morgan fingerprint density at radius 2 is 1.42 bits per heavy atom. The summed E-state index contributed by atoms with van der Waals surface area (Å²) in [6.07, 6.45) is 1.41. The van der Waals surface area contributed by atoms with Crippen LogP contribution in [0.3, 0.4) is 0 Å². The minimum Gasteiger partial charge on any atom is -0.399 e. The molecule has 6 heteroatoms. The predicted molar refractivity (Wildman–Crippen MR) is 95.4 cm³/mol. The van der Waals surface area contributed by atoms with E-state index in [4.69, 9.17) is 11.5 Å². The summed E-state index contributed by atoms with van der Waals surface area (Å²) < 4.78 is 0. The van der Waals surface area contributed by atoms with Gasteiger partial charge in [-0.05, 0) is 54.8 Å². The largest absolute Gasteiger partial charge is 0.399 e. The van der Waals surface area contributed by atoms with Gasteiger partial charge in [0.15, 0.2) is 0 Å². The van der Waals surface area contributed by atoms with Crippen molar-refractivity contribution in [2.45, 2.75) is 12.8 Å². The average molecular weight is 326 g/mol. The molecule has 2 aromatic carbocycles. The molecular weight excluding hydrogens is 304 g/mol. The molecule has 24 heavy (non-hydrogen) atoms.